The van der Waals surface area contributed by atoms with Crippen LogP contribution in [0.2, 0.25) is 0 Å². The molecule has 4 N–H and O–H groups in total. The lowest BCUT2D eigenvalue weighted by Crippen LogP contribution is -2.49. The number of ether oxygens (including phenoxy) is 2. The van der Waals surface area contributed by atoms with Crippen molar-refractivity contribution >= 4 is 33.2 Å². The molecule has 0 heterocycles. The van der Waals surface area contributed by atoms with E-state index in [-0.39, 0.29) is 35.5 Å². The van der Waals surface area contributed by atoms with Crippen LogP contribution in [0.15, 0.2) is 91.0 Å². The number of anilines is 2. The average molecular weight is 743 g/mol. The first kappa shape index (κ1) is 39.7. The van der Waals surface area contributed by atoms with Gasteiger partial charge in [0.15, 0.2) is 0 Å². The SMILES string of the molecule is CO[C@@H](CNc1ccc(F)cc1)C[C@H](O)[C@H](COc1cc(F)cc(F)c1)NC(=O)c1cc(C(=O)N[C@H](C)c2ccccc2)cc(N(C)S(C)(=O)=O)c1. The summed E-state index contributed by atoms with van der Waals surface area (Å²) in [4.78, 5) is 27.3. The topological polar surface area (TPSA) is 146 Å². The van der Waals surface area contributed by atoms with Gasteiger partial charge in [0, 0.05) is 62.1 Å². The second-order valence-corrected chi connectivity index (χ2v) is 14.2. The number of aliphatic hydroxyl groups excluding tert-OH is 1. The molecule has 0 aliphatic heterocycles. The van der Waals surface area contributed by atoms with E-state index in [1.165, 1.54) is 56.6 Å². The molecule has 4 atom stereocenters. The van der Waals surface area contributed by atoms with E-state index >= 15 is 0 Å². The zero-order valence-corrected chi connectivity index (χ0v) is 29.8. The third-order valence-electron chi connectivity index (χ3n) is 8.21. The zero-order chi connectivity index (χ0) is 38.0. The number of halogens is 3. The van der Waals surface area contributed by atoms with Crippen molar-refractivity contribution in [3.05, 3.63) is 125 Å². The van der Waals surface area contributed by atoms with E-state index in [4.69, 9.17) is 9.47 Å². The smallest absolute Gasteiger partial charge is 0.251 e. The highest BCUT2D eigenvalue weighted by Gasteiger charge is 2.28. The van der Waals surface area contributed by atoms with Crippen LogP contribution in [0.1, 0.15) is 45.7 Å². The summed E-state index contributed by atoms with van der Waals surface area (Å²) in [7, 11) is -1.14. The Kier molecular flexibility index (Phi) is 13.6. The van der Waals surface area contributed by atoms with Crippen LogP contribution in [-0.2, 0) is 14.8 Å². The van der Waals surface area contributed by atoms with Crippen LogP contribution < -0.4 is 25.0 Å². The van der Waals surface area contributed by atoms with Gasteiger partial charge in [0.05, 0.1) is 36.2 Å². The Hall–Kier alpha value is -5.12. The number of benzene rings is 4. The van der Waals surface area contributed by atoms with Crippen molar-refractivity contribution in [1.29, 1.82) is 0 Å². The van der Waals surface area contributed by atoms with E-state index in [0.717, 1.165) is 28.3 Å². The van der Waals surface area contributed by atoms with Crippen molar-refractivity contribution < 1.29 is 45.8 Å². The summed E-state index contributed by atoms with van der Waals surface area (Å²) in [6.45, 7) is 1.49. The zero-order valence-electron chi connectivity index (χ0n) is 29.0. The summed E-state index contributed by atoms with van der Waals surface area (Å²) in [6.07, 6.45) is -1.11. The van der Waals surface area contributed by atoms with Crippen LogP contribution in [0.3, 0.4) is 0 Å². The molecular weight excluding hydrogens is 701 g/mol. The number of amides is 2. The van der Waals surface area contributed by atoms with Gasteiger partial charge >= 0.3 is 0 Å². The summed E-state index contributed by atoms with van der Waals surface area (Å²) < 4.78 is 78.1. The molecule has 52 heavy (non-hydrogen) atoms. The van der Waals surface area contributed by atoms with E-state index in [1.807, 2.05) is 30.3 Å². The number of aliphatic hydroxyl groups is 1. The van der Waals surface area contributed by atoms with E-state index in [9.17, 15) is 36.3 Å². The van der Waals surface area contributed by atoms with Crippen LogP contribution in [-0.4, -0.2) is 77.2 Å². The lowest BCUT2D eigenvalue weighted by Gasteiger charge is -2.28. The maximum absolute atomic E-state index is 13.9. The summed E-state index contributed by atoms with van der Waals surface area (Å²) in [5, 5.41) is 20.0. The van der Waals surface area contributed by atoms with E-state index in [0.29, 0.717) is 11.8 Å². The van der Waals surface area contributed by atoms with Crippen molar-refractivity contribution in [3.63, 3.8) is 0 Å². The van der Waals surface area contributed by atoms with Gasteiger partial charge in [-0.25, -0.2) is 21.6 Å². The Bertz CT molecular complexity index is 1920. The van der Waals surface area contributed by atoms with Crippen molar-refractivity contribution in [2.24, 2.45) is 0 Å². The van der Waals surface area contributed by atoms with Crippen LogP contribution in [0.25, 0.3) is 0 Å². The number of methoxy groups -OCH3 is 1. The first-order valence-corrected chi connectivity index (χ1v) is 18.0. The fourth-order valence-corrected chi connectivity index (χ4v) is 5.63. The van der Waals surface area contributed by atoms with E-state index in [2.05, 4.69) is 16.0 Å². The predicted molar refractivity (Wildman–Crippen MR) is 191 cm³/mol. The van der Waals surface area contributed by atoms with Gasteiger partial charge in [-0.3, -0.25) is 13.9 Å². The standard InChI is InChI=1S/C37H41F3N4O7S/c1-23(24-8-6-5-7-9-24)42-36(46)25-14-26(16-31(15-25)44(2)52(4,48)49)37(47)43-34(22-51-32-18-28(39)17-29(40)19-32)35(45)20-33(50-3)21-41-30-12-10-27(38)11-13-30/h5-19,23,33-35,41,45H,20-22H2,1-4H3,(H,42,46)(H,43,47)/t23-,33-,34+,35+/m1/s1. The maximum Gasteiger partial charge on any atom is 0.251 e. The third kappa shape index (κ3) is 11.4. The molecule has 0 spiro atoms. The monoisotopic (exact) mass is 742 g/mol. The molecule has 0 radical (unpaired) electrons. The largest absolute Gasteiger partial charge is 0.491 e. The second kappa shape index (κ2) is 17.9. The Morgan fingerprint density at radius 3 is 2.02 bits per heavy atom. The second-order valence-electron chi connectivity index (χ2n) is 12.1. The Balaban J connectivity index is 1.60. The lowest BCUT2D eigenvalue weighted by atomic mass is 10.0. The number of hydrogen-bond acceptors (Lipinski definition) is 8. The summed E-state index contributed by atoms with van der Waals surface area (Å²) >= 11 is 0. The number of rotatable bonds is 17. The molecule has 11 nitrogen and oxygen atoms in total. The minimum Gasteiger partial charge on any atom is -0.491 e. The first-order valence-electron chi connectivity index (χ1n) is 16.2. The summed E-state index contributed by atoms with van der Waals surface area (Å²) in [5.41, 5.74) is 1.28. The molecule has 15 heteroatoms. The van der Waals surface area contributed by atoms with Crippen molar-refractivity contribution in [2.75, 3.05) is 43.2 Å². The first-order chi connectivity index (χ1) is 24.6. The van der Waals surface area contributed by atoms with Gasteiger partial charge in [0.2, 0.25) is 10.0 Å². The van der Waals surface area contributed by atoms with Gasteiger partial charge in [-0.2, -0.15) is 0 Å². The molecule has 0 bridgehead atoms. The van der Waals surface area contributed by atoms with Gasteiger partial charge in [0.25, 0.3) is 11.8 Å². The molecule has 4 aromatic rings. The molecule has 278 valence electrons. The predicted octanol–water partition coefficient (Wildman–Crippen LogP) is 5.05. The van der Waals surface area contributed by atoms with Gasteiger partial charge in [-0.05, 0) is 55.0 Å². The van der Waals surface area contributed by atoms with Crippen LogP contribution >= 0.6 is 0 Å². The highest BCUT2D eigenvalue weighted by atomic mass is 32.2. The molecule has 2 amide bonds. The number of sulfonamides is 1. The van der Waals surface area contributed by atoms with Crippen molar-refractivity contribution in [3.8, 4) is 5.75 Å². The van der Waals surface area contributed by atoms with E-state index in [1.54, 1.807) is 6.92 Å². The quantitative estimate of drug-likeness (QED) is 0.118. The molecule has 0 aromatic heterocycles. The molecule has 4 rings (SSSR count). The molecule has 0 fully saturated rings. The molecular formula is C37H41F3N4O7S. The normalized spacial score (nSPS) is 13.7. The Labute approximate surface area is 300 Å². The van der Waals surface area contributed by atoms with Crippen LogP contribution in [0, 0.1) is 17.5 Å². The van der Waals surface area contributed by atoms with Gasteiger partial charge < -0.3 is 30.5 Å². The van der Waals surface area contributed by atoms with Crippen LogP contribution in [0.4, 0.5) is 24.5 Å². The minimum atomic E-state index is -3.82. The highest BCUT2D eigenvalue weighted by molar-refractivity contribution is 7.92. The summed E-state index contributed by atoms with van der Waals surface area (Å²) in [5.74, 6) is -3.81. The third-order valence-corrected chi connectivity index (χ3v) is 9.42. The maximum atomic E-state index is 13.9. The number of carbonyl (C=O) groups is 2. The van der Waals surface area contributed by atoms with Gasteiger partial charge in [0.1, 0.15) is 29.8 Å². The van der Waals surface area contributed by atoms with Crippen molar-refractivity contribution in [1.82, 2.24) is 10.6 Å². The average Bonchev–Trinajstić information content (AvgIpc) is 3.11. The fourth-order valence-electron chi connectivity index (χ4n) is 5.15. The molecule has 4 aromatic carbocycles. The Morgan fingerprint density at radius 2 is 1.44 bits per heavy atom. The van der Waals surface area contributed by atoms with Crippen molar-refractivity contribution in [2.45, 2.75) is 37.6 Å². The number of nitrogens with zero attached hydrogens (tertiary/aromatic N) is 1. The highest BCUT2D eigenvalue weighted by Crippen LogP contribution is 2.23. The molecule has 0 aliphatic rings. The number of nitrogens with one attached hydrogen (secondary N) is 3. The van der Waals surface area contributed by atoms with Gasteiger partial charge in [-0.15, -0.1) is 0 Å². The van der Waals surface area contributed by atoms with Gasteiger partial charge in [-0.1, -0.05) is 30.3 Å². The fraction of sp³-hybridized carbons (Fsp3) is 0.297. The van der Waals surface area contributed by atoms with Crippen LogP contribution in [0.5, 0.6) is 5.75 Å². The molecule has 0 aliphatic carbocycles. The molecule has 0 saturated carbocycles. The Morgan fingerprint density at radius 1 is 0.846 bits per heavy atom. The minimum absolute atomic E-state index is 0.0163. The lowest BCUT2D eigenvalue weighted by molar-refractivity contribution is 0.0255. The number of carbonyl (C=O) groups excluding carboxylic acids is 2. The number of hydrogen-bond donors (Lipinski definition) is 4. The molecule has 0 unspecified atom stereocenters. The summed E-state index contributed by atoms with van der Waals surface area (Å²) in [6, 6.07) is 19.5. The van der Waals surface area contributed by atoms with E-state index < -0.39 is 70.2 Å². The molecule has 0 saturated heterocycles.